The molecule has 0 aliphatic carbocycles. The van der Waals surface area contributed by atoms with Crippen molar-refractivity contribution in [1.29, 1.82) is 0 Å². The molecule has 0 saturated heterocycles. The molecule has 0 heterocycles. The van der Waals surface area contributed by atoms with Gasteiger partial charge in [0.15, 0.2) is 0 Å². The van der Waals surface area contributed by atoms with Gasteiger partial charge in [-0.1, -0.05) is 19.1 Å². The third-order valence-corrected chi connectivity index (χ3v) is 0.913. The molecular formula is C8H14O2. The Bertz CT molecular complexity index is 127. The van der Waals surface area contributed by atoms with Crippen LogP contribution in [0.1, 0.15) is 26.7 Å². The topological polar surface area (TPSA) is 26.3 Å². The molecule has 0 N–H and O–H groups in total. The van der Waals surface area contributed by atoms with Crippen LogP contribution in [0.25, 0.3) is 0 Å². The van der Waals surface area contributed by atoms with E-state index in [1.54, 1.807) is 0 Å². The lowest BCUT2D eigenvalue weighted by Gasteiger charge is -2.00. The van der Waals surface area contributed by atoms with Crippen molar-refractivity contribution >= 4 is 5.97 Å². The van der Waals surface area contributed by atoms with Gasteiger partial charge in [-0.2, -0.15) is 0 Å². The lowest BCUT2D eigenvalue weighted by molar-refractivity contribution is -0.142. The number of esters is 1. The van der Waals surface area contributed by atoms with Gasteiger partial charge in [0.2, 0.25) is 0 Å². The lowest BCUT2D eigenvalue weighted by atomic mass is 10.2. The van der Waals surface area contributed by atoms with Crippen LogP contribution in [-0.2, 0) is 9.53 Å². The second-order valence-corrected chi connectivity index (χ2v) is 2.35. The highest BCUT2D eigenvalue weighted by Gasteiger charge is 2.00. The van der Waals surface area contributed by atoms with E-state index < -0.39 is 0 Å². The summed E-state index contributed by atoms with van der Waals surface area (Å²) in [6.07, 6.45) is 1.22. The highest BCUT2D eigenvalue weighted by atomic mass is 16.5. The summed E-state index contributed by atoms with van der Waals surface area (Å²) in [7, 11) is 0. The molecule has 0 radical (unpaired) electrons. The molecule has 0 fully saturated rings. The fourth-order valence-electron chi connectivity index (χ4n) is 0.513. The smallest absolute Gasteiger partial charge is 0.309 e. The quantitative estimate of drug-likeness (QED) is 0.442. The summed E-state index contributed by atoms with van der Waals surface area (Å²) < 4.78 is 4.80. The standard InChI is InChI=1S/C8H14O2/c1-4-5-10-8(9)6-7(2)3/h2,4-6H2,1,3H3. The zero-order valence-corrected chi connectivity index (χ0v) is 6.64. The maximum atomic E-state index is 10.7. The SMILES string of the molecule is C=C(C)CC(=O)OCCC. The maximum Gasteiger partial charge on any atom is 0.309 e. The molecule has 58 valence electrons. The molecule has 0 amide bonds. The second kappa shape index (κ2) is 5.03. The van der Waals surface area contributed by atoms with Gasteiger partial charge >= 0.3 is 5.97 Å². The fraction of sp³-hybridized carbons (Fsp3) is 0.625. The normalized spacial score (nSPS) is 9.00. The van der Waals surface area contributed by atoms with Crippen LogP contribution in [0.4, 0.5) is 0 Å². The first kappa shape index (κ1) is 9.21. The Labute approximate surface area is 61.9 Å². The monoisotopic (exact) mass is 142 g/mol. The molecule has 0 aliphatic rings. The van der Waals surface area contributed by atoms with E-state index in [-0.39, 0.29) is 5.97 Å². The summed E-state index contributed by atoms with van der Waals surface area (Å²) in [4.78, 5) is 10.7. The maximum absolute atomic E-state index is 10.7. The van der Waals surface area contributed by atoms with Gasteiger partial charge in [-0.15, -0.1) is 0 Å². The first-order valence-corrected chi connectivity index (χ1v) is 3.46. The average Bonchev–Trinajstić information content (AvgIpc) is 1.82. The van der Waals surface area contributed by atoms with Crippen molar-refractivity contribution in [3.05, 3.63) is 12.2 Å². The number of hydrogen-bond donors (Lipinski definition) is 0. The third-order valence-electron chi connectivity index (χ3n) is 0.913. The summed E-state index contributed by atoms with van der Waals surface area (Å²) in [5, 5.41) is 0. The van der Waals surface area contributed by atoms with Crippen LogP contribution in [0.3, 0.4) is 0 Å². The number of carbonyl (C=O) groups is 1. The largest absolute Gasteiger partial charge is 0.465 e. The number of ether oxygens (including phenoxy) is 1. The summed E-state index contributed by atoms with van der Waals surface area (Å²) >= 11 is 0. The Morgan fingerprint density at radius 2 is 2.20 bits per heavy atom. The Kier molecular flexibility index (Phi) is 4.63. The minimum atomic E-state index is -0.172. The van der Waals surface area contributed by atoms with Crippen molar-refractivity contribution in [3.8, 4) is 0 Å². The van der Waals surface area contributed by atoms with E-state index in [0.717, 1.165) is 12.0 Å². The molecule has 0 bridgehead atoms. The van der Waals surface area contributed by atoms with Crippen molar-refractivity contribution in [2.45, 2.75) is 26.7 Å². The van der Waals surface area contributed by atoms with Crippen LogP contribution in [0, 0.1) is 0 Å². The zero-order valence-electron chi connectivity index (χ0n) is 6.64. The Morgan fingerprint density at radius 3 is 2.60 bits per heavy atom. The average molecular weight is 142 g/mol. The van der Waals surface area contributed by atoms with Gasteiger partial charge in [0, 0.05) is 0 Å². The minimum Gasteiger partial charge on any atom is -0.465 e. The van der Waals surface area contributed by atoms with Crippen LogP contribution in [0.5, 0.6) is 0 Å². The van der Waals surface area contributed by atoms with Crippen LogP contribution in [-0.4, -0.2) is 12.6 Å². The first-order valence-electron chi connectivity index (χ1n) is 3.46. The molecule has 0 spiro atoms. The zero-order chi connectivity index (χ0) is 7.98. The molecule has 0 unspecified atom stereocenters. The number of carbonyl (C=O) groups excluding carboxylic acids is 1. The minimum absolute atomic E-state index is 0.172. The van der Waals surface area contributed by atoms with Crippen LogP contribution in [0.15, 0.2) is 12.2 Å². The molecule has 0 saturated carbocycles. The van der Waals surface area contributed by atoms with Crippen LogP contribution < -0.4 is 0 Å². The van der Waals surface area contributed by atoms with Crippen molar-refractivity contribution in [2.24, 2.45) is 0 Å². The van der Waals surface area contributed by atoms with E-state index in [2.05, 4.69) is 6.58 Å². The van der Waals surface area contributed by atoms with E-state index in [4.69, 9.17) is 4.74 Å². The fourth-order valence-corrected chi connectivity index (χ4v) is 0.513. The molecule has 0 aromatic carbocycles. The summed E-state index contributed by atoms with van der Waals surface area (Å²) in [6.45, 7) is 7.90. The van der Waals surface area contributed by atoms with Gasteiger partial charge in [-0.05, 0) is 13.3 Å². The van der Waals surface area contributed by atoms with Gasteiger partial charge in [-0.3, -0.25) is 4.79 Å². The summed E-state index contributed by atoms with van der Waals surface area (Å²) in [5.41, 5.74) is 0.848. The van der Waals surface area contributed by atoms with E-state index in [9.17, 15) is 4.79 Å². The van der Waals surface area contributed by atoms with Crippen molar-refractivity contribution in [3.63, 3.8) is 0 Å². The Morgan fingerprint density at radius 1 is 1.60 bits per heavy atom. The van der Waals surface area contributed by atoms with Gasteiger partial charge < -0.3 is 4.74 Å². The highest BCUT2D eigenvalue weighted by Crippen LogP contribution is 1.97. The Hall–Kier alpha value is -0.790. The molecule has 2 nitrogen and oxygen atoms in total. The van der Waals surface area contributed by atoms with E-state index in [1.165, 1.54) is 0 Å². The molecule has 10 heavy (non-hydrogen) atoms. The molecule has 0 aliphatic heterocycles. The highest BCUT2D eigenvalue weighted by molar-refractivity contribution is 5.71. The van der Waals surface area contributed by atoms with Gasteiger partial charge in [0.25, 0.3) is 0 Å². The molecule has 0 aromatic heterocycles. The van der Waals surface area contributed by atoms with Crippen molar-refractivity contribution in [2.75, 3.05) is 6.61 Å². The summed E-state index contributed by atoms with van der Waals surface area (Å²) in [5.74, 6) is -0.172. The van der Waals surface area contributed by atoms with E-state index >= 15 is 0 Å². The third kappa shape index (κ3) is 5.35. The van der Waals surface area contributed by atoms with Crippen LogP contribution >= 0.6 is 0 Å². The molecule has 0 rings (SSSR count). The molecular weight excluding hydrogens is 128 g/mol. The van der Waals surface area contributed by atoms with E-state index in [1.807, 2.05) is 13.8 Å². The van der Waals surface area contributed by atoms with Gasteiger partial charge in [-0.25, -0.2) is 0 Å². The van der Waals surface area contributed by atoms with Gasteiger partial charge in [0.05, 0.1) is 13.0 Å². The molecule has 0 aromatic rings. The Balaban J connectivity index is 3.35. The van der Waals surface area contributed by atoms with Crippen molar-refractivity contribution < 1.29 is 9.53 Å². The number of hydrogen-bond acceptors (Lipinski definition) is 2. The predicted molar refractivity (Wildman–Crippen MR) is 40.7 cm³/mol. The molecule has 0 atom stereocenters. The molecule has 2 heteroatoms. The summed E-state index contributed by atoms with van der Waals surface area (Å²) in [6, 6.07) is 0. The lowest BCUT2D eigenvalue weighted by Crippen LogP contribution is -2.04. The second-order valence-electron chi connectivity index (χ2n) is 2.35. The van der Waals surface area contributed by atoms with Gasteiger partial charge in [0.1, 0.15) is 0 Å². The number of rotatable bonds is 4. The first-order chi connectivity index (χ1) is 4.66. The van der Waals surface area contributed by atoms with Crippen molar-refractivity contribution in [1.82, 2.24) is 0 Å². The van der Waals surface area contributed by atoms with Crippen LogP contribution in [0.2, 0.25) is 0 Å². The van der Waals surface area contributed by atoms with E-state index in [0.29, 0.717) is 13.0 Å². The predicted octanol–water partition coefficient (Wildman–Crippen LogP) is 1.91.